The lowest BCUT2D eigenvalue weighted by molar-refractivity contribution is -0.383. The summed E-state index contributed by atoms with van der Waals surface area (Å²) in [6, 6.07) is 2.08. The van der Waals surface area contributed by atoms with Crippen molar-refractivity contribution in [3.05, 3.63) is 33.5 Å². The molecule has 0 saturated carbocycles. The molecule has 0 aliphatic heterocycles. The number of nitro benzene ring substituents is 1. The van der Waals surface area contributed by atoms with Gasteiger partial charge in [-0.3, -0.25) is 14.9 Å². The van der Waals surface area contributed by atoms with E-state index in [1.54, 1.807) is 13.0 Å². The number of aromatic amines is 1. The van der Waals surface area contributed by atoms with Crippen molar-refractivity contribution in [3.63, 3.8) is 0 Å². The lowest BCUT2D eigenvalue weighted by Crippen LogP contribution is -2.32. The fourth-order valence-electron chi connectivity index (χ4n) is 2.33. The lowest BCUT2D eigenvalue weighted by atomic mass is 10.0. The Bertz CT molecular complexity index is 726. The quantitative estimate of drug-likeness (QED) is 0.441. The van der Waals surface area contributed by atoms with Crippen LogP contribution in [-0.2, 0) is 11.2 Å². The summed E-state index contributed by atoms with van der Waals surface area (Å²) in [5, 5.41) is 20.8. The first-order chi connectivity index (χ1) is 9.86. The molecular weight excluding hydrogens is 294 g/mol. The number of nitrogens with one attached hydrogen (secondary N) is 1. The number of nitrogens with two attached hydrogens (primary N) is 1. The second-order valence-electron chi connectivity index (χ2n) is 4.67. The zero-order valence-electron chi connectivity index (χ0n) is 11.5. The number of aliphatic carboxylic acids is 1. The molecule has 0 bridgehead atoms. The van der Waals surface area contributed by atoms with Crippen LogP contribution in [0.4, 0.5) is 5.69 Å². The van der Waals surface area contributed by atoms with Gasteiger partial charge in [-0.25, -0.2) is 0 Å². The molecule has 0 amide bonds. The summed E-state index contributed by atoms with van der Waals surface area (Å²) in [6.45, 7) is 1.76. The number of aromatic nitrogens is 1. The van der Waals surface area contributed by atoms with E-state index in [9.17, 15) is 14.9 Å². The predicted molar refractivity (Wildman–Crippen MR) is 80.8 cm³/mol. The van der Waals surface area contributed by atoms with Gasteiger partial charge in [0, 0.05) is 28.5 Å². The van der Waals surface area contributed by atoms with Crippen molar-refractivity contribution in [2.75, 3.05) is 6.26 Å². The van der Waals surface area contributed by atoms with E-state index in [1.165, 1.54) is 17.8 Å². The van der Waals surface area contributed by atoms with Crippen molar-refractivity contribution in [2.45, 2.75) is 24.3 Å². The van der Waals surface area contributed by atoms with Crippen molar-refractivity contribution >= 4 is 34.3 Å². The number of nitrogens with zero attached hydrogens (tertiary/aromatic N) is 1. The van der Waals surface area contributed by atoms with Gasteiger partial charge in [0.1, 0.15) is 11.6 Å². The Morgan fingerprint density at radius 2 is 2.24 bits per heavy atom. The van der Waals surface area contributed by atoms with Gasteiger partial charge in [0.15, 0.2) is 0 Å². The molecule has 0 spiro atoms. The minimum Gasteiger partial charge on any atom is -0.480 e. The number of aryl methyl sites for hydroxylation is 1. The van der Waals surface area contributed by atoms with Crippen molar-refractivity contribution in [2.24, 2.45) is 5.73 Å². The van der Waals surface area contributed by atoms with E-state index in [0.29, 0.717) is 22.2 Å². The number of hydrogen-bond donors (Lipinski definition) is 3. The Hall–Kier alpha value is -2.06. The van der Waals surface area contributed by atoms with Crippen LogP contribution in [0, 0.1) is 17.0 Å². The summed E-state index contributed by atoms with van der Waals surface area (Å²) in [5.41, 5.74) is 7.41. The highest BCUT2D eigenvalue weighted by atomic mass is 32.2. The van der Waals surface area contributed by atoms with Gasteiger partial charge in [-0.05, 0) is 24.8 Å². The number of hydrogen-bond acceptors (Lipinski definition) is 5. The summed E-state index contributed by atoms with van der Waals surface area (Å²) in [4.78, 5) is 25.5. The molecule has 1 unspecified atom stereocenters. The molecule has 2 aromatic rings. The Kier molecular flexibility index (Phi) is 4.19. The number of benzene rings is 1. The number of thioether (sulfide) groups is 1. The highest BCUT2D eigenvalue weighted by Crippen LogP contribution is 2.36. The summed E-state index contributed by atoms with van der Waals surface area (Å²) >= 11 is 1.45. The molecular formula is C13H15N3O4S. The number of carbonyl (C=O) groups is 1. The average Bonchev–Trinajstić information content (AvgIpc) is 2.74. The van der Waals surface area contributed by atoms with E-state index in [0.717, 1.165) is 4.90 Å². The third-order valence-electron chi connectivity index (χ3n) is 3.37. The van der Waals surface area contributed by atoms with Gasteiger partial charge in [-0.15, -0.1) is 11.8 Å². The number of rotatable bonds is 5. The molecule has 1 aromatic heterocycles. The number of nitro groups is 1. The van der Waals surface area contributed by atoms with Crippen LogP contribution in [0.5, 0.6) is 0 Å². The molecule has 8 heteroatoms. The third-order valence-corrected chi connectivity index (χ3v) is 4.15. The van der Waals surface area contributed by atoms with Gasteiger partial charge >= 0.3 is 5.97 Å². The molecule has 0 saturated heterocycles. The number of fused-ring (bicyclic) bond motifs is 1. The Balaban J connectivity index is 2.70. The highest BCUT2D eigenvalue weighted by molar-refractivity contribution is 7.98. The summed E-state index contributed by atoms with van der Waals surface area (Å²) in [5.74, 6) is -1.10. The van der Waals surface area contributed by atoms with Gasteiger partial charge < -0.3 is 15.8 Å². The smallest absolute Gasteiger partial charge is 0.320 e. The number of non-ortho nitro benzene ring substituents is 1. The summed E-state index contributed by atoms with van der Waals surface area (Å²) < 4.78 is 0. The van der Waals surface area contributed by atoms with Crippen LogP contribution in [0.2, 0.25) is 0 Å². The molecule has 1 aromatic carbocycles. The second kappa shape index (κ2) is 5.74. The zero-order chi connectivity index (χ0) is 15.7. The fourth-order valence-corrected chi connectivity index (χ4v) is 2.97. The van der Waals surface area contributed by atoms with Crippen molar-refractivity contribution < 1.29 is 14.8 Å². The van der Waals surface area contributed by atoms with E-state index >= 15 is 0 Å². The number of H-pyrrole nitrogens is 1. The molecule has 0 fully saturated rings. The molecule has 1 heterocycles. The molecule has 2 rings (SSSR count). The number of carboxylic acids is 1. The van der Waals surface area contributed by atoms with Gasteiger partial charge in [0.2, 0.25) is 0 Å². The van der Waals surface area contributed by atoms with Gasteiger partial charge in [-0.1, -0.05) is 0 Å². The van der Waals surface area contributed by atoms with E-state index in [-0.39, 0.29) is 12.1 Å². The van der Waals surface area contributed by atoms with Crippen LogP contribution < -0.4 is 5.73 Å². The van der Waals surface area contributed by atoms with E-state index in [1.807, 2.05) is 6.26 Å². The Morgan fingerprint density at radius 1 is 1.57 bits per heavy atom. The highest BCUT2D eigenvalue weighted by Gasteiger charge is 2.23. The largest absolute Gasteiger partial charge is 0.480 e. The van der Waals surface area contributed by atoms with Crippen molar-refractivity contribution in [3.8, 4) is 0 Å². The molecule has 0 radical (unpaired) electrons. The molecule has 0 aliphatic rings. The molecule has 0 aliphatic carbocycles. The Morgan fingerprint density at radius 3 is 2.76 bits per heavy atom. The summed E-state index contributed by atoms with van der Waals surface area (Å²) in [7, 11) is 0. The zero-order valence-corrected chi connectivity index (χ0v) is 12.4. The van der Waals surface area contributed by atoms with Crippen LogP contribution in [0.1, 0.15) is 11.3 Å². The summed E-state index contributed by atoms with van der Waals surface area (Å²) in [6.07, 6.45) is 1.99. The second-order valence-corrected chi connectivity index (χ2v) is 5.52. The minimum absolute atomic E-state index is 0.0268. The predicted octanol–water partition coefficient (Wildman–Crippen LogP) is 2.06. The van der Waals surface area contributed by atoms with Crippen LogP contribution in [-0.4, -0.2) is 33.3 Å². The first-order valence-corrected chi connectivity index (χ1v) is 7.40. The fraction of sp³-hybridized carbons (Fsp3) is 0.308. The van der Waals surface area contributed by atoms with Gasteiger partial charge in [0.05, 0.1) is 4.92 Å². The average molecular weight is 309 g/mol. The first-order valence-electron chi connectivity index (χ1n) is 6.17. The topological polar surface area (TPSA) is 122 Å². The monoisotopic (exact) mass is 309 g/mol. The standard InChI is InChI=1S/C13H15N3O4S/c1-6-7(5-8(14)13(17)18)11-10(21-2)4-3-9(16(19)20)12(11)15-6/h3-4,8,15H,5,14H2,1-2H3,(H,17,18). The van der Waals surface area contributed by atoms with E-state index < -0.39 is 16.9 Å². The Labute approximate surface area is 124 Å². The minimum atomic E-state index is -1.10. The molecule has 4 N–H and O–H groups in total. The van der Waals surface area contributed by atoms with Gasteiger partial charge in [0.25, 0.3) is 5.69 Å². The van der Waals surface area contributed by atoms with Crippen molar-refractivity contribution in [1.82, 2.24) is 4.98 Å². The molecule has 7 nitrogen and oxygen atoms in total. The number of carboxylic acid groups (broad SMARTS) is 1. The van der Waals surface area contributed by atoms with Crippen molar-refractivity contribution in [1.29, 1.82) is 0 Å². The normalized spacial score (nSPS) is 12.5. The molecule has 112 valence electrons. The van der Waals surface area contributed by atoms with Crippen LogP contribution in [0.25, 0.3) is 10.9 Å². The maximum atomic E-state index is 11.1. The third kappa shape index (κ3) is 2.72. The van der Waals surface area contributed by atoms with Crippen LogP contribution in [0.15, 0.2) is 17.0 Å². The van der Waals surface area contributed by atoms with Crippen LogP contribution in [0.3, 0.4) is 0 Å². The molecule has 21 heavy (non-hydrogen) atoms. The maximum absolute atomic E-state index is 11.1. The van der Waals surface area contributed by atoms with E-state index in [4.69, 9.17) is 10.8 Å². The van der Waals surface area contributed by atoms with E-state index in [2.05, 4.69) is 4.98 Å². The van der Waals surface area contributed by atoms with Gasteiger partial charge in [-0.2, -0.15) is 0 Å². The molecule has 1 atom stereocenters. The SMILES string of the molecule is CSc1ccc([N+](=O)[O-])c2[nH]c(C)c(CC(N)C(=O)O)c12. The first kappa shape index (κ1) is 15.3. The lowest BCUT2D eigenvalue weighted by Gasteiger charge is -2.08. The maximum Gasteiger partial charge on any atom is 0.320 e. The van der Waals surface area contributed by atoms with Crippen LogP contribution >= 0.6 is 11.8 Å².